The zero-order valence-corrected chi connectivity index (χ0v) is 13.4. The molecule has 1 heterocycles. The number of carbonyl (C=O) groups is 1. The molecule has 0 atom stereocenters. The van der Waals surface area contributed by atoms with Crippen LogP contribution in [0, 0.1) is 0 Å². The molecule has 0 saturated carbocycles. The van der Waals surface area contributed by atoms with Crippen molar-refractivity contribution in [2.24, 2.45) is 0 Å². The van der Waals surface area contributed by atoms with Gasteiger partial charge in [-0.15, -0.1) is 0 Å². The van der Waals surface area contributed by atoms with Gasteiger partial charge in [0.1, 0.15) is 5.69 Å². The number of hydrogen-bond donors (Lipinski definition) is 1. The van der Waals surface area contributed by atoms with Gasteiger partial charge in [-0.1, -0.05) is 63.5 Å². The van der Waals surface area contributed by atoms with Gasteiger partial charge in [0.2, 0.25) is 0 Å². The fraction of sp³-hybridized carbons (Fsp3) is 0.688. The number of ether oxygens (including phenoxy) is 1. The SMILES string of the molecule is CCCCCCCCCCc1c[nH]c(C(=O)OC)c1Cl. The van der Waals surface area contributed by atoms with Gasteiger partial charge < -0.3 is 9.72 Å². The summed E-state index contributed by atoms with van der Waals surface area (Å²) < 4.78 is 4.67. The molecule has 0 spiro atoms. The summed E-state index contributed by atoms with van der Waals surface area (Å²) in [6.07, 6.45) is 13.1. The van der Waals surface area contributed by atoms with Crippen LogP contribution < -0.4 is 0 Å². The van der Waals surface area contributed by atoms with Gasteiger partial charge in [-0.05, 0) is 18.4 Å². The fourth-order valence-corrected chi connectivity index (χ4v) is 2.61. The largest absolute Gasteiger partial charge is 0.464 e. The standard InChI is InChI=1S/C16H26ClNO2/c1-3-4-5-6-7-8-9-10-11-13-12-18-15(14(13)17)16(19)20-2/h12,18H,3-11H2,1-2H3. The van der Waals surface area contributed by atoms with Gasteiger partial charge >= 0.3 is 5.97 Å². The maximum Gasteiger partial charge on any atom is 0.356 e. The molecule has 0 aliphatic rings. The summed E-state index contributed by atoms with van der Waals surface area (Å²) in [6.45, 7) is 2.24. The third-order valence-electron chi connectivity index (χ3n) is 3.58. The Bertz CT molecular complexity index is 401. The molecule has 114 valence electrons. The average Bonchev–Trinajstić information content (AvgIpc) is 2.82. The molecule has 0 aliphatic heterocycles. The molecule has 0 amide bonds. The number of esters is 1. The summed E-state index contributed by atoms with van der Waals surface area (Å²) in [4.78, 5) is 14.3. The molecular weight excluding hydrogens is 274 g/mol. The highest BCUT2D eigenvalue weighted by atomic mass is 35.5. The Hall–Kier alpha value is -0.960. The maximum atomic E-state index is 11.4. The molecule has 0 radical (unpaired) electrons. The molecule has 1 aromatic rings. The van der Waals surface area contributed by atoms with Crippen molar-refractivity contribution in [3.8, 4) is 0 Å². The van der Waals surface area contributed by atoms with Crippen molar-refractivity contribution in [1.29, 1.82) is 0 Å². The highest BCUT2D eigenvalue weighted by Crippen LogP contribution is 2.23. The van der Waals surface area contributed by atoms with Crippen LogP contribution in [0.1, 0.15) is 74.3 Å². The van der Waals surface area contributed by atoms with Crippen molar-refractivity contribution in [1.82, 2.24) is 4.98 Å². The molecule has 0 bridgehead atoms. The number of halogens is 1. The van der Waals surface area contributed by atoms with Crippen molar-refractivity contribution < 1.29 is 9.53 Å². The molecule has 1 aromatic heterocycles. The summed E-state index contributed by atoms with van der Waals surface area (Å²) in [5.41, 5.74) is 1.38. The van der Waals surface area contributed by atoms with E-state index in [1.807, 2.05) is 6.20 Å². The van der Waals surface area contributed by atoms with Crippen molar-refractivity contribution in [3.63, 3.8) is 0 Å². The lowest BCUT2D eigenvalue weighted by Crippen LogP contribution is -2.01. The Morgan fingerprint density at radius 3 is 2.35 bits per heavy atom. The zero-order chi connectivity index (χ0) is 14.8. The Kier molecular flexibility index (Phi) is 8.43. The fourth-order valence-electron chi connectivity index (χ4n) is 2.33. The van der Waals surface area contributed by atoms with Gasteiger partial charge in [0, 0.05) is 6.20 Å². The number of rotatable bonds is 10. The van der Waals surface area contributed by atoms with E-state index in [1.165, 1.54) is 52.1 Å². The molecule has 1 N–H and O–H groups in total. The Morgan fingerprint density at radius 1 is 1.15 bits per heavy atom. The third kappa shape index (κ3) is 5.58. The van der Waals surface area contributed by atoms with Crippen LogP contribution in [0.15, 0.2) is 6.20 Å². The number of nitrogens with one attached hydrogen (secondary N) is 1. The minimum Gasteiger partial charge on any atom is -0.464 e. The molecule has 0 fully saturated rings. The molecule has 1 rings (SSSR count). The smallest absolute Gasteiger partial charge is 0.356 e. The van der Waals surface area contributed by atoms with E-state index in [9.17, 15) is 4.79 Å². The van der Waals surface area contributed by atoms with Crippen LogP contribution in [-0.4, -0.2) is 18.1 Å². The lowest BCUT2D eigenvalue weighted by molar-refractivity contribution is 0.0595. The third-order valence-corrected chi connectivity index (χ3v) is 4.01. The van der Waals surface area contributed by atoms with Gasteiger partial charge in [0.05, 0.1) is 12.1 Å². The van der Waals surface area contributed by atoms with Gasteiger partial charge in [0.15, 0.2) is 0 Å². The highest BCUT2D eigenvalue weighted by Gasteiger charge is 2.15. The normalized spacial score (nSPS) is 10.8. The van der Waals surface area contributed by atoms with Crippen molar-refractivity contribution in [2.75, 3.05) is 7.11 Å². The summed E-state index contributed by atoms with van der Waals surface area (Å²) in [7, 11) is 1.36. The lowest BCUT2D eigenvalue weighted by atomic mass is 10.1. The Balaban J connectivity index is 2.19. The predicted molar refractivity (Wildman–Crippen MR) is 83.5 cm³/mol. The van der Waals surface area contributed by atoms with E-state index >= 15 is 0 Å². The van der Waals surface area contributed by atoms with E-state index in [2.05, 4.69) is 16.6 Å². The van der Waals surface area contributed by atoms with E-state index in [1.54, 1.807) is 0 Å². The monoisotopic (exact) mass is 299 g/mol. The van der Waals surface area contributed by atoms with Crippen molar-refractivity contribution in [2.45, 2.75) is 64.7 Å². The highest BCUT2D eigenvalue weighted by molar-refractivity contribution is 6.34. The summed E-state index contributed by atoms with van der Waals surface area (Å²) in [5, 5.41) is 0.514. The van der Waals surface area contributed by atoms with Crippen molar-refractivity contribution >= 4 is 17.6 Å². The number of H-pyrrole nitrogens is 1. The number of carbonyl (C=O) groups excluding carboxylic acids is 1. The van der Waals surface area contributed by atoms with E-state index < -0.39 is 5.97 Å². The van der Waals surface area contributed by atoms with Crippen molar-refractivity contribution in [3.05, 3.63) is 22.5 Å². The zero-order valence-electron chi connectivity index (χ0n) is 12.6. The molecule has 3 nitrogen and oxygen atoms in total. The number of aromatic nitrogens is 1. The number of hydrogen-bond acceptors (Lipinski definition) is 2. The van der Waals surface area contributed by atoms with Gasteiger partial charge in [0.25, 0.3) is 0 Å². The lowest BCUT2D eigenvalue weighted by Gasteiger charge is -2.02. The van der Waals surface area contributed by atoms with E-state index in [4.69, 9.17) is 11.6 Å². The maximum absolute atomic E-state index is 11.4. The first-order valence-corrected chi connectivity index (χ1v) is 8.02. The number of methoxy groups -OCH3 is 1. The van der Waals surface area contributed by atoms with Crippen LogP contribution in [0.2, 0.25) is 5.02 Å². The molecule has 0 saturated heterocycles. The molecule has 0 aliphatic carbocycles. The minimum atomic E-state index is -0.405. The average molecular weight is 300 g/mol. The molecule has 0 aromatic carbocycles. The summed E-state index contributed by atoms with van der Waals surface area (Å²) in [5.74, 6) is -0.405. The van der Waals surface area contributed by atoms with Crippen LogP contribution in [0.3, 0.4) is 0 Å². The first-order chi connectivity index (χ1) is 9.70. The number of aryl methyl sites for hydroxylation is 1. The van der Waals surface area contributed by atoms with Gasteiger partial charge in [-0.2, -0.15) is 0 Å². The van der Waals surface area contributed by atoms with Crippen LogP contribution in [-0.2, 0) is 11.2 Å². The van der Waals surface area contributed by atoms with Gasteiger partial charge in [-0.25, -0.2) is 4.79 Å². The number of aromatic amines is 1. The summed E-state index contributed by atoms with van der Waals surface area (Å²) >= 11 is 6.16. The van der Waals surface area contributed by atoms with Crippen LogP contribution in [0.25, 0.3) is 0 Å². The van der Waals surface area contributed by atoms with Gasteiger partial charge in [-0.3, -0.25) is 0 Å². The second-order valence-corrected chi connectivity index (χ2v) is 5.60. The Morgan fingerprint density at radius 2 is 1.75 bits per heavy atom. The van der Waals surface area contributed by atoms with Crippen LogP contribution in [0.5, 0.6) is 0 Å². The topological polar surface area (TPSA) is 42.1 Å². The van der Waals surface area contributed by atoms with E-state index in [-0.39, 0.29) is 0 Å². The Labute approximate surface area is 127 Å². The molecular formula is C16H26ClNO2. The summed E-state index contributed by atoms with van der Waals surface area (Å²) in [6, 6.07) is 0. The predicted octanol–water partition coefficient (Wildman–Crippen LogP) is 5.14. The molecule has 20 heavy (non-hydrogen) atoms. The quantitative estimate of drug-likeness (QED) is 0.480. The molecule has 0 unspecified atom stereocenters. The first-order valence-electron chi connectivity index (χ1n) is 7.64. The van der Waals surface area contributed by atoms with Crippen LogP contribution in [0.4, 0.5) is 0 Å². The first kappa shape index (κ1) is 17.1. The molecule has 4 heteroatoms. The van der Waals surface area contributed by atoms with E-state index in [0.29, 0.717) is 10.7 Å². The van der Waals surface area contributed by atoms with E-state index in [0.717, 1.165) is 18.4 Å². The second-order valence-electron chi connectivity index (χ2n) is 5.22. The van der Waals surface area contributed by atoms with Crippen LogP contribution >= 0.6 is 11.6 Å². The second kappa shape index (κ2) is 9.87. The number of unbranched alkanes of at least 4 members (excludes halogenated alkanes) is 7. The minimum absolute atomic E-state index is 0.365.